The Kier molecular flexibility index (Phi) is 6.91. The molecule has 16 heavy (non-hydrogen) atoms. The highest BCUT2D eigenvalue weighted by molar-refractivity contribution is 6.34. The molecule has 0 unspecified atom stereocenters. The van der Waals surface area contributed by atoms with Gasteiger partial charge in [0.15, 0.2) is 0 Å². The molecule has 0 aromatic heterocycles. The quantitative estimate of drug-likeness (QED) is 0.474. The Morgan fingerprint density at radius 2 is 1.50 bits per heavy atom. The lowest BCUT2D eigenvalue weighted by Crippen LogP contribution is -2.44. The molecule has 0 rings (SSSR count). The Morgan fingerprint density at radius 3 is 1.94 bits per heavy atom. The molecule has 6 heteroatoms. The molecule has 0 saturated carbocycles. The van der Waals surface area contributed by atoms with Crippen molar-refractivity contribution in [3.63, 3.8) is 0 Å². The first-order valence-corrected chi connectivity index (χ1v) is 5.34. The minimum Gasteiger partial charge on any atom is -0.355 e. The molecule has 0 heterocycles. The highest BCUT2D eigenvalue weighted by atomic mass is 16.2. The van der Waals surface area contributed by atoms with Gasteiger partial charge in [0.05, 0.1) is 0 Å². The smallest absolute Gasteiger partial charge is 0.311 e. The molecule has 0 atom stereocenters. The van der Waals surface area contributed by atoms with Crippen molar-refractivity contribution in [2.75, 3.05) is 26.2 Å². The summed E-state index contributed by atoms with van der Waals surface area (Å²) in [5.41, 5.74) is 0. The Hall–Kier alpha value is -1.59. The van der Waals surface area contributed by atoms with Gasteiger partial charge in [0, 0.05) is 33.1 Å². The van der Waals surface area contributed by atoms with E-state index >= 15 is 0 Å². The van der Waals surface area contributed by atoms with Crippen molar-refractivity contribution in [3.8, 4) is 0 Å². The summed E-state index contributed by atoms with van der Waals surface area (Å²) in [5.74, 6) is -1.33. The number of hydrogen-bond acceptors (Lipinski definition) is 3. The van der Waals surface area contributed by atoms with Crippen molar-refractivity contribution >= 4 is 17.7 Å². The van der Waals surface area contributed by atoms with Crippen molar-refractivity contribution in [2.45, 2.75) is 20.8 Å². The normalized spacial score (nSPS) is 9.44. The molecule has 0 bridgehead atoms. The Balaban J connectivity index is 3.88. The minimum atomic E-state index is -0.631. The van der Waals surface area contributed by atoms with Gasteiger partial charge in [-0.05, 0) is 13.8 Å². The highest BCUT2D eigenvalue weighted by Crippen LogP contribution is 1.88. The molecule has 0 aromatic carbocycles. The molecule has 3 amide bonds. The third-order valence-electron chi connectivity index (χ3n) is 2.03. The van der Waals surface area contributed by atoms with E-state index in [0.29, 0.717) is 19.6 Å². The van der Waals surface area contributed by atoms with Crippen LogP contribution in [0.5, 0.6) is 0 Å². The summed E-state index contributed by atoms with van der Waals surface area (Å²) in [6, 6.07) is 0. The fraction of sp³-hybridized carbons (Fsp3) is 0.700. The molecule has 0 fully saturated rings. The van der Waals surface area contributed by atoms with Crippen molar-refractivity contribution in [2.24, 2.45) is 0 Å². The molecule has 0 aliphatic rings. The second-order valence-corrected chi connectivity index (χ2v) is 3.22. The number of likely N-dealkylation sites (N-methyl/N-ethyl adjacent to an activating group) is 1. The molecule has 0 spiro atoms. The van der Waals surface area contributed by atoms with Crippen LogP contribution in [0.3, 0.4) is 0 Å². The maximum absolute atomic E-state index is 11.5. The predicted octanol–water partition coefficient (Wildman–Crippen LogP) is -0.893. The number of rotatable bonds is 5. The molecule has 0 radical (unpaired) electrons. The van der Waals surface area contributed by atoms with Crippen molar-refractivity contribution in [1.29, 1.82) is 0 Å². The lowest BCUT2D eigenvalue weighted by Gasteiger charge is -2.17. The Morgan fingerprint density at radius 1 is 1.00 bits per heavy atom. The topological polar surface area (TPSA) is 78.5 Å². The zero-order valence-electron chi connectivity index (χ0n) is 10.0. The van der Waals surface area contributed by atoms with E-state index in [9.17, 15) is 14.4 Å². The minimum absolute atomic E-state index is 0.163. The van der Waals surface area contributed by atoms with Crippen LogP contribution in [0.1, 0.15) is 20.8 Å². The molecule has 0 aliphatic carbocycles. The van der Waals surface area contributed by atoms with Gasteiger partial charge in [0.25, 0.3) is 0 Å². The molecular formula is C10H19N3O3. The van der Waals surface area contributed by atoms with E-state index in [-0.39, 0.29) is 12.5 Å². The standard InChI is InChI=1S/C10H19N3O3/c1-4-13(5-2)10(16)9(15)12-7-6-11-8(3)14/h4-7H2,1-3H3,(H,11,14)(H,12,15). The monoisotopic (exact) mass is 229 g/mol. The lowest BCUT2D eigenvalue weighted by atomic mass is 10.4. The van der Waals surface area contributed by atoms with Gasteiger partial charge in [-0.15, -0.1) is 0 Å². The van der Waals surface area contributed by atoms with Gasteiger partial charge in [-0.25, -0.2) is 0 Å². The van der Waals surface area contributed by atoms with Gasteiger partial charge in [-0.1, -0.05) is 0 Å². The fourth-order valence-electron chi connectivity index (χ4n) is 1.14. The molecule has 0 saturated heterocycles. The van der Waals surface area contributed by atoms with Gasteiger partial charge in [-0.2, -0.15) is 0 Å². The van der Waals surface area contributed by atoms with E-state index < -0.39 is 11.8 Å². The molecule has 92 valence electrons. The van der Waals surface area contributed by atoms with Gasteiger partial charge in [-0.3, -0.25) is 14.4 Å². The van der Waals surface area contributed by atoms with Gasteiger partial charge in [0.1, 0.15) is 0 Å². The number of nitrogens with zero attached hydrogens (tertiary/aromatic N) is 1. The predicted molar refractivity (Wildman–Crippen MR) is 59.6 cm³/mol. The van der Waals surface area contributed by atoms with E-state index in [0.717, 1.165) is 0 Å². The van der Waals surface area contributed by atoms with E-state index in [1.54, 1.807) is 0 Å². The molecule has 0 aliphatic heterocycles. The zero-order valence-corrected chi connectivity index (χ0v) is 10.0. The average Bonchev–Trinajstić information content (AvgIpc) is 2.25. The maximum Gasteiger partial charge on any atom is 0.311 e. The SMILES string of the molecule is CCN(CC)C(=O)C(=O)NCCNC(C)=O. The van der Waals surface area contributed by atoms with E-state index in [1.807, 2.05) is 13.8 Å². The summed E-state index contributed by atoms with van der Waals surface area (Å²) in [5, 5.41) is 4.96. The van der Waals surface area contributed by atoms with Crippen LogP contribution in [0.4, 0.5) is 0 Å². The molecular weight excluding hydrogens is 210 g/mol. The number of carbonyl (C=O) groups excluding carboxylic acids is 3. The Labute approximate surface area is 95.4 Å². The second-order valence-electron chi connectivity index (χ2n) is 3.22. The van der Waals surface area contributed by atoms with Crippen LogP contribution in [0, 0.1) is 0 Å². The van der Waals surface area contributed by atoms with Gasteiger partial charge >= 0.3 is 11.8 Å². The summed E-state index contributed by atoms with van der Waals surface area (Å²) in [6.45, 7) is 6.61. The van der Waals surface area contributed by atoms with E-state index in [1.165, 1.54) is 11.8 Å². The molecule has 6 nitrogen and oxygen atoms in total. The molecule has 2 N–H and O–H groups in total. The summed E-state index contributed by atoms with van der Waals surface area (Å²) >= 11 is 0. The van der Waals surface area contributed by atoms with Crippen LogP contribution in [-0.4, -0.2) is 48.8 Å². The third-order valence-corrected chi connectivity index (χ3v) is 2.03. The number of amides is 3. The van der Waals surface area contributed by atoms with Crippen LogP contribution >= 0.6 is 0 Å². The van der Waals surface area contributed by atoms with Crippen molar-refractivity contribution in [1.82, 2.24) is 15.5 Å². The van der Waals surface area contributed by atoms with Gasteiger partial charge in [0.2, 0.25) is 5.91 Å². The van der Waals surface area contributed by atoms with E-state index in [4.69, 9.17) is 0 Å². The van der Waals surface area contributed by atoms with E-state index in [2.05, 4.69) is 10.6 Å². The average molecular weight is 229 g/mol. The summed E-state index contributed by atoms with van der Waals surface area (Å²) in [6.07, 6.45) is 0. The first-order chi connectivity index (χ1) is 7.52. The summed E-state index contributed by atoms with van der Waals surface area (Å²) < 4.78 is 0. The molecule has 0 aromatic rings. The third kappa shape index (κ3) is 5.33. The maximum atomic E-state index is 11.5. The fourth-order valence-corrected chi connectivity index (χ4v) is 1.14. The number of nitrogens with one attached hydrogen (secondary N) is 2. The van der Waals surface area contributed by atoms with Crippen LogP contribution in [0.2, 0.25) is 0 Å². The van der Waals surface area contributed by atoms with Crippen molar-refractivity contribution in [3.05, 3.63) is 0 Å². The zero-order chi connectivity index (χ0) is 12.6. The first kappa shape index (κ1) is 14.4. The number of hydrogen-bond donors (Lipinski definition) is 2. The lowest BCUT2D eigenvalue weighted by molar-refractivity contribution is -0.145. The van der Waals surface area contributed by atoms with Crippen molar-refractivity contribution < 1.29 is 14.4 Å². The van der Waals surface area contributed by atoms with Crippen LogP contribution in [0.15, 0.2) is 0 Å². The Bertz CT molecular complexity index is 262. The highest BCUT2D eigenvalue weighted by Gasteiger charge is 2.18. The van der Waals surface area contributed by atoms with Gasteiger partial charge < -0.3 is 15.5 Å². The van der Waals surface area contributed by atoms with Crippen LogP contribution < -0.4 is 10.6 Å². The first-order valence-electron chi connectivity index (χ1n) is 5.34. The second kappa shape index (κ2) is 7.67. The summed E-state index contributed by atoms with van der Waals surface area (Å²) in [4.78, 5) is 34.8. The van der Waals surface area contributed by atoms with Crippen LogP contribution in [0.25, 0.3) is 0 Å². The largest absolute Gasteiger partial charge is 0.355 e. The summed E-state index contributed by atoms with van der Waals surface area (Å²) in [7, 11) is 0. The number of carbonyl (C=O) groups is 3. The van der Waals surface area contributed by atoms with Crippen LogP contribution in [-0.2, 0) is 14.4 Å².